The number of benzene rings is 4. The van der Waals surface area contributed by atoms with Gasteiger partial charge in [0, 0.05) is 28.3 Å². The van der Waals surface area contributed by atoms with Crippen molar-refractivity contribution in [1.29, 1.82) is 0 Å². The summed E-state index contributed by atoms with van der Waals surface area (Å²) in [6, 6.07) is 30.1. The first kappa shape index (κ1) is 13.9. The maximum Gasteiger partial charge on any atom is 0.143 e. The van der Waals surface area contributed by atoms with Gasteiger partial charge in [-0.25, -0.2) is 0 Å². The monoisotopic (exact) mass is 332 g/mol. The summed E-state index contributed by atoms with van der Waals surface area (Å²) < 4.78 is 6.51. The molecule has 4 aromatic carbocycles. The number of para-hydroxylation sites is 1. The van der Waals surface area contributed by atoms with Crippen molar-refractivity contribution in [3.8, 4) is 22.3 Å². The van der Waals surface area contributed by atoms with Gasteiger partial charge >= 0.3 is 0 Å². The highest BCUT2D eigenvalue weighted by molar-refractivity contribution is 6.12. The van der Waals surface area contributed by atoms with Crippen LogP contribution in [0.25, 0.3) is 44.2 Å². The molecular formula is C25H16O. The van der Waals surface area contributed by atoms with Crippen LogP contribution in [0.5, 0.6) is 0 Å². The number of fused-ring (bicyclic) bond motifs is 7. The SMILES string of the molecule is c1ccc(-c2cccc3c2oc2c4c(ccc23)-c2ccccc2C4)cc1. The Labute approximate surface area is 151 Å². The first-order valence-corrected chi connectivity index (χ1v) is 9.01. The van der Waals surface area contributed by atoms with Gasteiger partial charge in [0.2, 0.25) is 0 Å². The van der Waals surface area contributed by atoms with Crippen LogP contribution in [0.4, 0.5) is 0 Å². The van der Waals surface area contributed by atoms with Crippen LogP contribution >= 0.6 is 0 Å². The van der Waals surface area contributed by atoms with E-state index in [1.807, 2.05) is 6.07 Å². The number of hydrogen-bond acceptors (Lipinski definition) is 1. The summed E-state index contributed by atoms with van der Waals surface area (Å²) >= 11 is 0. The Morgan fingerprint density at radius 2 is 1.31 bits per heavy atom. The zero-order valence-electron chi connectivity index (χ0n) is 14.2. The lowest BCUT2D eigenvalue weighted by Gasteiger charge is -2.01. The highest BCUT2D eigenvalue weighted by atomic mass is 16.3. The molecular weight excluding hydrogens is 316 g/mol. The summed E-state index contributed by atoms with van der Waals surface area (Å²) in [5.74, 6) is 0. The lowest BCUT2D eigenvalue weighted by atomic mass is 10.0. The topological polar surface area (TPSA) is 13.1 Å². The van der Waals surface area contributed by atoms with E-state index < -0.39 is 0 Å². The lowest BCUT2D eigenvalue weighted by Crippen LogP contribution is -1.80. The maximum absolute atomic E-state index is 6.51. The van der Waals surface area contributed by atoms with Crippen LogP contribution in [0.3, 0.4) is 0 Å². The first-order valence-electron chi connectivity index (χ1n) is 9.01. The van der Waals surface area contributed by atoms with Gasteiger partial charge in [-0.2, -0.15) is 0 Å². The van der Waals surface area contributed by atoms with E-state index >= 15 is 0 Å². The van der Waals surface area contributed by atoms with Gasteiger partial charge in [-0.3, -0.25) is 0 Å². The largest absolute Gasteiger partial charge is 0.455 e. The van der Waals surface area contributed by atoms with Gasteiger partial charge in [-0.05, 0) is 28.3 Å². The van der Waals surface area contributed by atoms with E-state index in [9.17, 15) is 0 Å². The summed E-state index contributed by atoms with van der Waals surface area (Å²) in [7, 11) is 0. The molecule has 1 heterocycles. The van der Waals surface area contributed by atoms with Gasteiger partial charge in [-0.1, -0.05) is 78.9 Å². The van der Waals surface area contributed by atoms with E-state index in [0.717, 1.165) is 23.2 Å². The molecule has 0 fully saturated rings. The van der Waals surface area contributed by atoms with E-state index in [1.54, 1.807) is 0 Å². The highest BCUT2D eigenvalue weighted by Gasteiger charge is 2.23. The first-order chi connectivity index (χ1) is 12.9. The molecule has 122 valence electrons. The summed E-state index contributed by atoms with van der Waals surface area (Å²) in [6.45, 7) is 0. The summed E-state index contributed by atoms with van der Waals surface area (Å²) in [4.78, 5) is 0. The van der Waals surface area contributed by atoms with Crippen molar-refractivity contribution in [2.75, 3.05) is 0 Å². The van der Waals surface area contributed by atoms with Crippen LogP contribution in [0.1, 0.15) is 11.1 Å². The minimum atomic E-state index is 0.948. The molecule has 1 aliphatic rings. The third-order valence-corrected chi connectivity index (χ3v) is 5.53. The quantitative estimate of drug-likeness (QED) is 0.322. The molecule has 6 rings (SSSR count). The van der Waals surface area contributed by atoms with Crippen molar-refractivity contribution in [2.24, 2.45) is 0 Å². The predicted molar refractivity (Wildman–Crippen MR) is 107 cm³/mol. The minimum absolute atomic E-state index is 0.948. The average Bonchev–Trinajstić information content (AvgIpc) is 3.27. The molecule has 0 saturated carbocycles. The van der Waals surface area contributed by atoms with Gasteiger partial charge in [-0.15, -0.1) is 0 Å². The van der Waals surface area contributed by atoms with Crippen molar-refractivity contribution in [3.05, 3.63) is 96.1 Å². The smallest absolute Gasteiger partial charge is 0.143 e. The predicted octanol–water partition coefficient (Wildman–Crippen LogP) is 6.82. The Kier molecular flexibility index (Phi) is 2.72. The molecule has 0 amide bonds. The number of furan rings is 1. The Balaban J connectivity index is 1.68. The third-order valence-electron chi connectivity index (χ3n) is 5.53. The van der Waals surface area contributed by atoms with Crippen LogP contribution in [0, 0.1) is 0 Å². The van der Waals surface area contributed by atoms with Crippen molar-refractivity contribution < 1.29 is 4.42 Å². The molecule has 0 unspecified atom stereocenters. The van der Waals surface area contributed by atoms with Crippen LogP contribution < -0.4 is 0 Å². The van der Waals surface area contributed by atoms with E-state index in [2.05, 4.69) is 78.9 Å². The van der Waals surface area contributed by atoms with Crippen molar-refractivity contribution in [1.82, 2.24) is 0 Å². The molecule has 1 nitrogen and oxygen atoms in total. The van der Waals surface area contributed by atoms with Crippen LogP contribution in [-0.4, -0.2) is 0 Å². The summed E-state index contributed by atoms with van der Waals surface area (Å²) in [6.07, 6.45) is 0.948. The Hall–Kier alpha value is -3.32. The zero-order valence-corrected chi connectivity index (χ0v) is 14.2. The van der Waals surface area contributed by atoms with Gasteiger partial charge in [0.15, 0.2) is 0 Å². The molecule has 0 saturated heterocycles. The Morgan fingerprint density at radius 1 is 0.538 bits per heavy atom. The van der Waals surface area contributed by atoms with Crippen LogP contribution in [-0.2, 0) is 6.42 Å². The lowest BCUT2D eigenvalue weighted by molar-refractivity contribution is 0.666. The second-order valence-corrected chi connectivity index (χ2v) is 6.95. The molecule has 0 bridgehead atoms. The highest BCUT2D eigenvalue weighted by Crippen LogP contribution is 2.44. The molecule has 0 atom stereocenters. The molecule has 1 aromatic heterocycles. The van der Waals surface area contributed by atoms with Gasteiger partial charge in [0.05, 0.1) is 0 Å². The third kappa shape index (κ3) is 1.80. The van der Waals surface area contributed by atoms with E-state index in [1.165, 1.54) is 38.6 Å². The molecule has 5 aromatic rings. The molecule has 26 heavy (non-hydrogen) atoms. The van der Waals surface area contributed by atoms with E-state index in [4.69, 9.17) is 4.42 Å². The molecule has 0 N–H and O–H groups in total. The normalized spacial score (nSPS) is 12.5. The van der Waals surface area contributed by atoms with Gasteiger partial charge in [0.25, 0.3) is 0 Å². The summed E-state index contributed by atoms with van der Waals surface area (Å²) in [5.41, 5.74) is 9.73. The average molecular weight is 332 g/mol. The molecule has 1 heteroatoms. The van der Waals surface area contributed by atoms with Crippen molar-refractivity contribution >= 4 is 21.9 Å². The zero-order chi connectivity index (χ0) is 17.1. The Bertz CT molecular complexity index is 1290. The van der Waals surface area contributed by atoms with Crippen LogP contribution in [0.15, 0.2) is 89.3 Å². The molecule has 0 spiro atoms. The minimum Gasteiger partial charge on any atom is -0.455 e. The fraction of sp³-hybridized carbons (Fsp3) is 0.0400. The molecule has 0 aliphatic heterocycles. The standard InChI is InChI=1S/C25H16O/c1-2-7-16(8-3-1)19-11-6-12-21-22-14-13-20-18-10-5-4-9-17(18)15-23(20)25(22)26-24(19)21/h1-14H,15H2. The second kappa shape index (κ2) is 5.09. The summed E-state index contributed by atoms with van der Waals surface area (Å²) in [5, 5.41) is 2.41. The maximum atomic E-state index is 6.51. The second-order valence-electron chi connectivity index (χ2n) is 6.95. The number of hydrogen-bond donors (Lipinski definition) is 0. The molecule has 1 aliphatic carbocycles. The Morgan fingerprint density at radius 3 is 2.23 bits per heavy atom. The molecule has 0 radical (unpaired) electrons. The van der Waals surface area contributed by atoms with Gasteiger partial charge < -0.3 is 4.42 Å². The van der Waals surface area contributed by atoms with E-state index in [-0.39, 0.29) is 0 Å². The fourth-order valence-electron chi connectivity index (χ4n) is 4.32. The van der Waals surface area contributed by atoms with Crippen molar-refractivity contribution in [3.63, 3.8) is 0 Å². The fourth-order valence-corrected chi connectivity index (χ4v) is 4.32. The van der Waals surface area contributed by atoms with Gasteiger partial charge in [0.1, 0.15) is 11.2 Å². The van der Waals surface area contributed by atoms with Crippen LogP contribution in [0.2, 0.25) is 0 Å². The number of rotatable bonds is 1. The van der Waals surface area contributed by atoms with Crippen molar-refractivity contribution in [2.45, 2.75) is 6.42 Å². The van der Waals surface area contributed by atoms with E-state index in [0.29, 0.717) is 0 Å².